The molecule has 0 saturated heterocycles. The zero-order chi connectivity index (χ0) is 39.6. The second kappa shape index (κ2) is 14.0. The van der Waals surface area contributed by atoms with Gasteiger partial charge in [0.25, 0.3) is 0 Å². The van der Waals surface area contributed by atoms with E-state index in [1.165, 1.54) is 58.7 Å². The summed E-state index contributed by atoms with van der Waals surface area (Å²) in [6.07, 6.45) is 0. The van der Waals surface area contributed by atoms with Crippen LogP contribution in [0.1, 0.15) is 0 Å². The molecule has 0 unspecified atom stereocenters. The summed E-state index contributed by atoms with van der Waals surface area (Å²) in [6, 6.07) is 73.4. The van der Waals surface area contributed by atoms with Gasteiger partial charge in [-0.2, -0.15) is 0 Å². The number of para-hydroxylation sites is 2. The van der Waals surface area contributed by atoms with E-state index in [-0.39, 0.29) is 0 Å². The van der Waals surface area contributed by atoms with Gasteiger partial charge >= 0.3 is 0 Å². The highest BCUT2D eigenvalue weighted by molar-refractivity contribution is 7.26. The van der Waals surface area contributed by atoms with Crippen LogP contribution in [0.4, 0.5) is 0 Å². The Morgan fingerprint density at radius 2 is 0.867 bits per heavy atom. The van der Waals surface area contributed by atoms with Crippen LogP contribution < -0.4 is 0 Å². The zero-order valence-electron chi connectivity index (χ0n) is 32.3. The van der Waals surface area contributed by atoms with E-state index in [9.17, 15) is 0 Å². The van der Waals surface area contributed by atoms with Crippen molar-refractivity contribution < 1.29 is 0 Å². The Morgan fingerprint density at radius 1 is 0.317 bits per heavy atom. The molecule has 280 valence electrons. The van der Waals surface area contributed by atoms with Crippen molar-refractivity contribution in [2.45, 2.75) is 0 Å². The maximum Gasteiger partial charge on any atom is 0.164 e. The van der Waals surface area contributed by atoms with E-state index in [2.05, 4.69) is 174 Å². The molecule has 12 aromatic rings. The second-order valence-corrected chi connectivity index (χ2v) is 16.2. The lowest BCUT2D eigenvalue weighted by Gasteiger charge is -2.15. The largest absolute Gasteiger partial charge is 0.309 e. The normalized spacial score (nSPS) is 11.7. The monoisotopic (exact) mass is 782 g/mol. The van der Waals surface area contributed by atoms with Crippen molar-refractivity contribution in [2.75, 3.05) is 0 Å². The number of nitrogens with zero attached hydrogens (tertiary/aromatic N) is 4. The fraction of sp³-hybridized carbons (Fsp3) is 0. The number of rotatable bonds is 6. The lowest BCUT2D eigenvalue weighted by Crippen LogP contribution is -2.00. The van der Waals surface area contributed by atoms with Gasteiger partial charge in [0, 0.05) is 53.3 Å². The van der Waals surface area contributed by atoms with Crippen LogP contribution in [0.5, 0.6) is 0 Å². The first kappa shape index (κ1) is 34.3. The van der Waals surface area contributed by atoms with Crippen LogP contribution in [0.25, 0.3) is 115 Å². The number of thiophene rings is 1. The van der Waals surface area contributed by atoms with Crippen LogP contribution in [-0.4, -0.2) is 19.5 Å². The molecule has 0 bridgehead atoms. The predicted molar refractivity (Wildman–Crippen MR) is 252 cm³/mol. The molecule has 0 fully saturated rings. The van der Waals surface area contributed by atoms with Crippen molar-refractivity contribution in [3.63, 3.8) is 0 Å². The molecule has 5 heteroatoms. The molecule has 3 aromatic heterocycles. The van der Waals surface area contributed by atoms with Gasteiger partial charge in [0.05, 0.1) is 11.0 Å². The van der Waals surface area contributed by atoms with E-state index < -0.39 is 0 Å². The summed E-state index contributed by atoms with van der Waals surface area (Å²) in [4.78, 5) is 15.2. The van der Waals surface area contributed by atoms with Crippen LogP contribution in [0.15, 0.2) is 206 Å². The smallest absolute Gasteiger partial charge is 0.164 e. The molecule has 0 N–H and O–H groups in total. The second-order valence-electron chi connectivity index (χ2n) is 15.2. The van der Waals surface area contributed by atoms with E-state index in [0.29, 0.717) is 17.5 Å². The molecule has 0 aliphatic rings. The van der Waals surface area contributed by atoms with E-state index in [1.807, 2.05) is 47.7 Å². The van der Waals surface area contributed by atoms with Gasteiger partial charge in [0.1, 0.15) is 0 Å². The van der Waals surface area contributed by atoms with Gasteiger partial charge in [0.2, 0.25) is 0 Å². The molecule has 0 aliphatic heterocycles. The number of benzene rings is 9. The van der Waals surface area contributed by atoms with Crippen LogP contribution in [0.3, 0.4) is 0 Å². The van der Waals surface area contributed by atoms with Crippen LogP contribution >= 0.6 is 11.3 Å². The standard InChI is InChI=1S/C55H34N4S/c1-4-16-35(17-5-1)53-56-54(36-18-6-2-7-19-36)58-55(57-53)44-30-29-40(41-22-10-11-23-42(41)44)38-33-46(52-45-25-13-15-27-50(45)60-51(52)34-38)37-28-31-49-47(32-37)43-24-12-14-26-48(43)59(49)39-20-8-3-9-21-39/h1-34H. The minimum Gasteiger partial charge on any atom is -0.309 e. The lowest BCUT2D eigenvalue weighted by molar-refractivity contribution is 1.08. The molecule has 0 spiro atoms. The van der Waals surface area contributed by atoms with Crippen LogP contribution in [0, 0.1) is 0 Å². The first-order valence-corrected chi connectivity index (χ1v) is 21.0. The highest BCUT2D eigenvalue weighted by Crippen LogP contribution is 2.46. The topological polar surface area (TPSA) is 43.6 Å². The summed E-state index contributed by atoms with van der Waals surface area (Å²) in [6.45, 7) is 0. The van der Waals surface area contributed by atoms with Gasteiger partial charge < -0.3 is 4.57 Å². The molecule has 60 heavy (non-hydrogen) atoms. The fourth-order valence-electron chi connectivity index (χ4n) is 8.91. The molecule has 0 radical (unpaired) electrons. The highest BCUT2D eigenvalue weighted by atomic mass is 32.1. The third-order valence-corrected chi connectivity index (χ3v) is 12.8. The van der Waals surface area contributed by atoms with Gasteiger partial charge in [-0.1, -0.05) is 152 Å². The summed E-state index contributed by atoms with van der Waals surface area (Å²) < 4.78 is 4.93. The molecule has 4 nitrogen and oxygen atoms in total. The van der Waals surface area contributed by atoms with E-state index >= 15 is 0 Å². The molecule has 9 aromatic carbocycles. The van der Waals surface area contributed by atoms with E-state index in [0.717, 1.165) is 38.7 Å². The van der Waals surface area contributed by atoms with Gasteiger partial charge in [0.15, 0.2) is 17.5 Å². The Balaban J connectivity index is 1.07. The minimum absolute atomic E-state index is 0.647. The predicted octanol–water partition coefficient (Wildman–Crippen LogP) is 14.8. The third-order valence-electron chi connectivity index (χ3n) is 11.7. The van der Waals surface area contributed by atoms with Crippen LogP contribution in [-0.2, 0) is 0 Å². The maximum absolute atomic E-state index is 5.12. The summed E-state index contributed by atoms with van der Waals surface area (Å²) >= 11 is 1.86. The van der Waals surface area contributed by atoms with E-state index in [1.54, 1.807) is 0 Å². The van der Waals surface area contributed by atoms with Crippen molar-refractivity contribution >= 4 is 64.1 Å². The Labute approximate surface area is 350 Å². The minimum atomic E-state index is 0.647. The molecule has 0 atom stereocenters. The molecule has 0 saturated carbocycles. The Hall–Kier alpha value is -7.73. The highest BCUT2D eigenvalue weighted by Gasteiger charge is 2.20. The number of aromatic nitrogens is 4. The quantitative estimate of drug-likeness (QED) is 0.169. The number of fused-ring (bicyclic) bond motifs is 7. The third kappa shape index (κ3) is 5.63. The van der Waals surface area contributed by atoms with Gasteiger partial charge in [-0.15, -0.1) is 11.3 Å². The van der Waals surface area contributed by atoms with Gasteiger partial charge in [-0.05, 0) is 87.6 Å². The fourth-order valence-corrected chi connectivity index (χ4v) is 10.1. The Bertz CT molecular complexity index is 3530. The summed E-state index contributed by atoms with van der Waals surface area (Å²) in [5.41, 5.74) is 11.2. The number of hydrogen-bond acceptors (Lipinski definition) is 4. The van der Waals surface area contributed by atoms with Crippen molar-refractivity contribution in [2.24, 2.45) is 0 Å². The van der Waals surface area contributed by atoms with Gasteiger partial charge in [-0.25, -0.2) is 15.0 Å². The average molecular weight is 783 g/mol. The molecular weight excluding hydrogens is 749 g/mol. The number of hydrogen-bond donors (Lipinski definition) is 0. The van der Waals surface area contributed by atoms with Crippen molar-refractivity contribution in [1.29, 1.82) is 0 Å². The maximum atomic E-state index is 5.12. The molecule has 3 heterocycles. The summed E-state index contributed by atoms with van der Waals surface area (Å²) in [5, 5.41) is 7.29. The molecular formula is C55H34N4S. The van der Waals surface area contributed by atoms with Crippen molar-refractivity contribution in [1.82, 2.24) is 19.5 Å². The van der Waals surface area contributed by atoms with E-state index in [4.69, 9.17) is 15.0 Å². The Morgan fingerprint density at radius 3 is 1.58 bits per heavy atom. The lowest BCUT2D eigenvalue weighted by atomic mass is 9.90. The van der Waals surface area contributed by atoms with Crippen LogP contribution in [0.2, 0.25) is 0 Å². The first-order chi connectivity index (χ1) is 29.7. The molecule has 0 amide bonds. The first-order valence-electron chi connectivity index (χ1n) is 20.2. The Kier molecular flexibility index (Phi) is 8.00. The molecule has 0 aliphatic carbocycles. The zero-order valence-corrected chi connectivity index (χ0v) is 33.1. The van der Waals surface area contributed by atoms with Crippen molar-refractivity contribution in [3.05, 3.63) is 206 Å². The summed E-state index contributed by atoms with van der Waals surface area (Å²) in [7, 11) is 0. The molecule has 12 rings (SSSR count). The average Bonchev–Trinajstić information content (AvgIpc) is 3.87. The van der Waals surface area contributed by atoms with Gasteiger partial charge in [-0.3, -0.25) is 0 Å². The van der Waals surface area contributed by atoms with Crippen molar-refractivity contribution in [3.8, 4) is 62.1 Å². The SMILES string of the molecule is c1ccc(-c2nc(-c3ccccc3)nc(-c3ccc(-c4cc(-c5ccc6c(c5)c5ccccc5n6-c5ccccc5)c5c(c4)sc4ccccc45)c4ccccc34)n2)cc1. The summed E-state index contributed by atoms with van der Waals surface area (Å²) in [5.74, 6) is 1.95.